The zero-order valence-electron chi connectivity index (χ0n) is 13.5. The highest BCUT2D eigenvalue weighted by Crippen LogP contribution is 2.62. The number of carbonyl (C=O) groups excluding carboxylic acids is 1. The van der Waals surface area contributed by atoms with E-state index < -0.39 is 43.6 Å². The van der Waals surface area contributed by atoms with E-state index in [9.17, 15) is 35.7 Å². The molecule has 0 fully saturated rings. The van der Waals surface area contributed by atoms with E-state index in [1.54, 1.807) is 0 Å². The Kier molecular flexibility index (Phi) is 7.78. The van der Waals surface area contributed by atoms with Gasteiger partial charge < -0.3 is 13.8 Å². The molecule has 144 valence electrons. The second-order valence-corrected chi connectivity index (χ2v) is 7.26. The number of ether oxygens (including phenoxy) is 1. The number of alkyl halides is 6. The third-order valence-corrected chi connectivity index (χ3v) is 5.81. The minimum Gasteiger partial charge on any atom is -0.446 e. The molecule has 0 aliphatic heterocycles. The van der Waals surface area contributed by atoms with E-state index in [-0.39, 0.29) is 13.2 Å². The highest BCUT2D eigenvalue weighted by Gasteiger charge is 2.64. The van der Waals surface area contributed by atoms with Crippen molar-refractivity contribution in [1.29, 1.82) is 0 Å². The zero-order valence-corrected chi connectivity index (χ0v) is 14.3. The van der Waals surface area contributed by atoms with Crippen molar-refractivity contribution in [1.82, 2.24) is 0 Å². The monoisotopic (exact) mass is 388 g/mol. The summed E-state index contributed by atoms with van der Waals surface area (Å²) in [6.45, 7) is 4.50. The van der Waals surface area contributed by atoms with Crippen molar-refractivity contribution in [2.75, 3.05) is 13.2 Å². The minimum atomic E-state index is -5.91. The van der Waals surface area contributed by atoms with Crippen molar-refractivity contribution in [3.05, 3.63) is 0 Å². The van der Waals surface area contributed by atoms with Crippen LogP contribution in [0.15, 0.2) is 0 Å². The van der Waals surface area contributed by atoms with Crippen LogP contribution in [0.25, 0.3) is 0 Å². The summed E-state index contributed by atoms with van der Waals surface area (Å²) in [6.07, 6.45) is -12.2. The van der Waals surface area contributed by atoms with E-state index in [1.807, 2.05) is 0 Å². The average Bonchev–Trinajstić information content (AvgIpc) is 2.35. The molecule has 0 aliphatic rings. The molecule has 1 unspecified atom stereocenters. The molecule has 5 nitrogen and oxygen atoms in total. The lowest BCUT2D eigenvalue weighted by Gasteiger charge is -2.35. The summed E-state index contributed by atoms with van der Waals surface area (Å²) in [6, 6.07) is 0. The van der Waals surface area contributed by atoms with Gasteiger partial charge in [0.25, 0.3) is 0 Å². The van der Waals surface area contributed by atoms with Crippen LogP contribution in [0.1, 0.15) is 34.1 Å². The number of carbonyl (C=O) groups is 1. The molecule has 0 spiro atoms. The first kappa shape index (κ1) is 23.2. The molecule has 0 aromatic carbocycles. The summed E-state index contributed by atoms with van der Waals surface area (Å²) in [5.74, 6) is -6.97. The number of hydrogen-bond donors (Lipinski definition) is 0. The topological polar surface area (TPSA) is 61.8 Å². The van der Waals surface area contributed by atoms with Crippen molar-refractivity contribution in [2.45, 2.75) is 51.8 Å². The third kappa shape index (κ3) is 5.35. The number of rotatable bonds is 8. The van der Waals surface area contributed by atoms with E-state index in [2.05, 4.69) is 4.74 Å². The van der Waals surface area contributed by atoms with Gasteiger partial charge in [0.2, 0.25) is 11.3 Å². The Morgan fingerprint density at radius 2 is 1.33 bits per heavy atom. The number of esters is 1. The molecule has 0 radical (unpaired) electrons. The lowest BCUT2D eigenvalue weighted by Crippen LogP contribution is -2.46. The van der Waals surface area contributed by atoms with Gasteiger partial charge in [-0.1, -0.05) is 6.92 Å². The smallest absolute Gasteiger partial charge is 0.411 e. The van der Waals surface area contributed by atoms with E-state index >= 15 is 0 Å². The molecular weight excluding hydrogens is 369 g/mol. The maximum absolute atomic E-state index is 12.6. The first-order chi connectivity index (χ1) is 10.7. The second kappa shape index (κ2) is 8.05. The normalized spacial score (nSPS) is 16.1. The second-order valence-electron chi connectivity index (χ2n) is 4.80. The molecule has 0 rings (SSSR count). The molecule has 12 heteroatoms. The van der Waals surface area contributed by atoms with Gasteiger partial charge >= 0.3 is 25.9 Å². The van der Waals surface area contributed by atoms with Gasteiger partial charge in [0.15, 0.2) is 0 Å². The lowest BCUT2D eigenvalue weighted by atomic mass is 10.1. The SMILES string of the molecule is CCOP(=O)(OCC)C(C)(CC)OC(=O)C(C(F)(F)F)C(F)(F)F. The Morgan fingerprint density at radius 3 is 1.58 bits per heavy atom. The largest absolute Gasteiger partial charge is 0.446 e. The predicted molar refractivity (Wildman–Crippen MR) is 71.2 cm³/mol. The molecule has 0 saturated carbocycles. The quantitative estimate of drug-likeness (QED) is 0.344. The fourth-order valence-corrected chi connectivity index (χ4v) is 3.59. The van der Waals surface area contributed by atoms with Gasteiger partial charge in [-0.25, -0.2) is 0 Å². The van der Waals surface area contributed by atoms with Crippen molar-refractivity contribution in [2.24, 2.45) is 5.92 Å². The molecule has 0 amide bonds. The standard InChI is InChI=1S/C12H19F6O5P/c1-5-10(4,24(20,21-6-2)22-7-3)23-9(19)8(11(13,14)15)12(16,17)18/h8H,5-7H2,1-4H3. The van der Waals surface area contributed by atoms with Crippen LogP contribution in [0.4, 0.5) is 26.3 Å². The van der Waals surface area contributed by atoms with Crippen molar-refractivity contribution < 1.29 is 49.5 Å². The van der Waals surface area contributed by atoms with Crippen LogP contribution in [-0.4, -0.2) is 36.9 Å². The fourth-order valence-electron chi connectivity index (χ4n) is 1.70. The summed E-state index contributed by atoms with van der Waals surface area (Å²) < 4.78 is 102. The van der Waals surface area contributed by atoms with Gasteiger partial charge in [0.05, 0.1) is 13.2 Å². The highest BCUT2D eigenvalue weighted by molar-refractivity contribution is 7.55. The molecule has 0 bridgehead atoms. The molecule has 0 aromatic heterocycles. The van der Waals surface area contributed by atoms with Crippen LogP contribution >= 0.6 is 7.60 Å². The number of hydrogen-bond acceptors (Lipinski definition) is 5. The summed E-state index contributed by atoms with van der Waals surface area (Å²) in [5, 5.41) is -2.30. The fraction of sp³-hybridized carbons (Fsp3) is 0.917. The van der Waals surface area contributed by atoms with E-state index in [4.69, 9.17) is 9.05 Å². The van der Waals surface area contributed by atoms with Crippen LogP contribution in [0.2, 0.25) is 0 Å². The van der Waals surface area contributed by atoms with E-state index in [1.165, 1.54) is 20.8 Å². The van der Waals surface area contributed by atoms with Crippen LogP contribution in [-0.2, 0) is 23.1 Å². The molecule has 24 heavy (non-hydrogen) atoms. The summed E-state index contributed by atoms with van der Waals surface area (Å²) in [5.41, 5.74) is 0. The van der Waals surface area contributed by atoms with Crippen molar-refractivity contribution in [3.8, 4) is 0 Å². The van der Waals surface area contributed by atoms with Gasteiger partial charge in [0.1, 0.15) is 0 Å². The maximum Gasteiger partial charge on any atom is 0.411 e. The highest BCUT2D eigenvalue weighted by atomic mass is 31.2. The Balaban J connectivity index is 5.77. The molecular formula is C12H19F6O5P. The minimum absolute atomic E-state index is 0.216. The lowest BCUT2D eigenvalue weighted by molar-refractivity contribution is -0.284. The molecule has 0 saturated heterocycles. The van der Waals surface area contributed by atoms with Crippen molar-refractivity contribution in [3.63, 3.8) is 0 Å². The molecule has 0 aromatic rings. The van der Waals surface area contributed by atoms with Crippen LogP contribution in [0, 0.1) is 5.92 Å². The Bertz CT molecular complexity index is 454. The Hall–Kier alpha value is -0.800. The third-order valence-electron chi connectivity index (χ3n) is 3.04. The summed E-state index contributed by atoms with van der Waals surface area (Å²) in [4.78, 5) is 11.6. The maximum atomic E-state index is 12.6. The zero-order chi connectivity index (χ0) is 19.4. The van der Waals surface area contributed by atoms with Crippen LogP contribution < -0.4 is 0 Å². The number of halogens is 6. The van der Waals surface area contributed by atoms with Gasteiger partial charge in [-0.3, -0.25) is 9.36 Å². The Labute approximate surface area is 135 Å². The summed E-state index contributed by atoms with van der Waals surface area (Å²) >= 11 is 0. The first-order valence-electron chi connectivity index (χ1n) is 6.94. The summed E-state index contributed by atoms with van der Waals surface area (Å²) in [7, 11) is -4.32. The van der Waals surface area contributed by atoms with Crippen molar-refractivity contribution >= 4 is 13.6 Å². The predicted octanol–water partition coefficient (Wildman–Crippen LogP) is 4.66. The molecule has 0 heterocycles. The van der Waals surface area contributed by atoms with Crippen LogP contribution in [0.3, 0.4) is 0 Å². The van der Waals surface area contributed by atoms with E-state index in [0.29, 0.717) is 0 Å². The van der Waals surface area contributed by atoms with Crippen LogP contribution in [0.5, 0.6) is 0 Å². The molecule has 0 aliphatic carbocycles. The first-order valence-corrected chi connectivity index (χ1v) is 8.48. The molecule has 0 N–H and O–H groups in total. The van der Waals surface area contributed by atoms with Gasteiger partial charge in [-0.2, -0.15) is 26.3 Å². The van der Waals surface area contributed by atoms with Gasteiger partial charge in [-0.05, 0) is 27.2 Å². The average molecular weight is 388 g/mol. The molecule has 1 atom stereocenters. The van der Waals surface area contributed by atoms with Gasteiger partial charge in [-0.15, -0.1) is 0 Å². The van der Waals surface area contributed by atoms with E-state index in [0.717, 1.165) is 6.92 Å². The Morgan fingerprint density at radius 1 is 0.958 bits per heavy atom. The van der Waals surface area contributed by atoms with Gasteiger partial charge in [0, 0.05) is 0 Å².